The lowest BCUT2D eigenvalue weighted by molar-refractivity contribution is -0.384. The van der Waals surface area contributed by atoms with Crippen LogP contribution in [-0.2, 0) is 14.3 Å². The first-order valence-electron chi connectivity index (χ1n) is 9.89. The van der Waals surface area contributed by atoms with Crippen molar-refractivity contribution in [2.75, 3.05) is 13.7 Å². The van der Waals surface area contributed by atoms with Gasteiger partial charge in [-0.3, -0.25) is 10.1 Å². The normalized spacial score (nSPS) is 9.94. The van der Waals surface area contributed by atoms with Gasteiger partial charge in [-0.1, -0.05) is 25.3 Å². The van der Waals surface area contributed by atoms with Crippen LogP contribution < -0.4 is 9.47 Å². The summed E-state index contributed by atoms with van der Waals surface area (Å²) in [5, 5.41) is 10.7. The molecule has 0 unspecified atom stereocenters. The topological polar surface area (TPSA) is 105 Å². The van der Waals surface area contributed by atoms with Crippen LogP contribution in [0.15, 0.2) is 66.8 Å². The molecule has 2 rings (SSSR count). The Morgan fingerprint density at radius 3 is 2.06 bits per heavy atom. The Balaban J connectivity index is 0.000000675. The number of esters is 2. The molecular weight excluding hydrogens is 426 g/mol. The van der Waals surface area contributed by atoms with Gasteiger partial charge in [-0.05, 0) is 50.6 Å². The number of methoxy groups -OCH3 is 1. The molecule has 0 saturated carbocycles. The number of hydrogen-bond donors (Lipinski definition) is 0. The molecular formula is C25H27NO7. The molecule has 0 aliphatic rings. The van der Waals surface area contributed by atoms with E-state index in [4.69, 9.17) is 9.47 Å². The van der Waals surface area contributed by atoms with E-state index in [1.807, 2.05) is 19.1 Å². The molecule has 2 aromatic rings. The average molecular weight is 453 g/mol. The number of rotatable bonds is 8. The van der Waals surface area contributed by atoms with Gasteiger partial charge in [0.1, 0.15) is 11.5 Å². The number of nitrogens with zero attached hydrogens (tertiary/aromatic N) is 1. The molecule has 2 aromatic carbocycles. The SMILES string of the molecule is C=C(C)C(=O)OC.C=C(C)C(=O)Oc1ccc(/C=C/c2ccc([N+](=O)[O-])cc2)c(OCC)c1. The Morgan fingerprint density at radius 1 is 1.00 bits per heavy atom. The number of hydrogen-bond acceptors (Lipinski definition) is 7. The highest BCUT2D eigenvalue weighted by atomic mass is 16.6. The van der Waals surface area contributed by atoms with Crippen molar-refractivity contribution in [3.05, 3.63) is 88.0 Å². The Labute approximate surface area is 192 Å². The summed E-state index contributed by atoms with van der Waals surface area (Å²) < 4.78 is 15.1. The van der Waals surface area contributed by atoms with Gasteiger partial charge in [0.2, 0.25) is 0 Å². The fourth-order valence-electron chi connectivity index (χ4n) is 2.26. The summed E-state index contributed by atoms with van der Waals surface area (Å²) in [6, 6.07) is 11.3. The number of nitro benzene ring substituents is 1. The summed E-state index contributed by atoms with van der Waals surface area (Å²) in [4.78, 5) is 32.1. The van der Waals surface area contributed by atoms with Gasteiger partial charge in [0.05, 0.1) is 18.6 Å². The van der Waals surface area contributed by atoms with Crippen molar-refractivity contribution >= 4 is 29.8 Å². The summed E-state index contributed by atoms with van der Waals surface area (Å²) in [5.74, 6) is 0.0910. The average Bonchev–Trinajstić information content (AvgIpc) is 2.78. The maximum Gasteiger partial charge on any atom is 0.338 e. The van der Waals surface area contributed by atoms with Crippen LogP contribution in [0.5, 0.6) is 11.5 Å². The predicted molar refractivity (Wildman–Crippen MR) is 127 cm³/mol. The van der Waals surface area contributed by atoms with Gasteiger partial charge >= 0.3 is 11.9 Å². The molecule has 0 amide bonds. The first-order valence-corrected chi connectivity index (χ1v) is 9.89. The van der Waals surface area contributed by atoms with Crippen molar-refractivity contribution in [3.63, 3.8) is 0 Å². The summed E-state index contributed by atoms with van der Waals surface area (Å²) in [5.41, 5.74) is 2.39. The van der Waals surface area contributed by atoms with E-state index in [1.165, 1.54) is 19.2 Å². The van der Waals surface area contributed by atoms with Crippen LogP contribution >= 0.6 is 0 Å². The highest BCUT2D eigenvalue weighted by Gasteiger charge is 2.09. The Bertz CT molecular complexity index is 1050. The summed E-state index contributed by atoms with van der Waals surface area (Å²) >= 11 is 0. The van der Waals surface area contributed by atoms with E-state index in [1.54, 1.807) is 44.2 Å². The minimum atomic E-state index is -0.498. The van der Waals surface area contributed by atoms with Crippen LogP contribution in [0, 0.1) is 10.1 Å². The highest BCUT2D eigenvalue weighted by molar-refractivity contribution is 5.89. The molecule has 33 heavy (non-hydrogen) atoms. The molecule has 0 fully saturated rings. The largest absolute Gasteiger partial charge is 0.493 e. The van der Waals surface area contributed by atoms with Crippen molar-refractivity contribution in [1.29, 1.82) is 0 Å². The minimum Gasteiger partial charge on any atom is -0.493 e. The van der Waals surface area contributed by atoms with Crippen LogP contribution in [0.4, 0.5) is 5.69 Å². The van der Waals surface area contributed by atoms with Crippen LogP contribution in [0.2, 0.25) is 0 Å². The van der Waals surface area contributed by atoms with Gasteiger partial charge in [0.15, 0.2) is 0 Å². The smallest absolute Gasteiger partial charge is 0.338 e. The number of nitro groups is 1. The number of carbonyl (C=O) groups is 2. The Morgan fingerprint density at radius 2 is 1.61 bits per heavy atom. The van der Waals surface area contributed by atoms with Gasteiger partial charge in [-0.15, -0.1) is 0 Å². The number of non-ortho nitro benzene ring substituents is 1. The predicted octanol–water partition coefficient (Wildman–Crippen LogP) is 5.38. The standard InChI is InChI=1S/C20H19NO5.C5H8O2/c1-4-25-19-13-18(26-20(22)14(2)3)12-9-16(19)8-5-15-6-10-17(11-7-15)21(23)24;1-4(2)5(6)7-3/h5-13H,2,4H2,1,3H3;1H2,2-3H3/b8-5+;. The van der Waals surface area contributed by atoms with E-state index in [2.05, 4.69) is 17.9 Å². The molecule has 0 N–H and O–H groups in total. The molecule has 0 radical (unpaired) electrons. The second-order valence-corrected chi connectivity index (χ2v) is 6.76. The number of ether oxygens (including phenoxy) is 3. The third-order valence-electron chi connectivity index (χ3n) is 3.94. The maximum atomic E-state index is 11.6. The van der Waals surface area contributed by atoms with E-state index in [0.717, 1.165) is 11.1 Å². The number of carbonyl (C=O) groups excluding carboxylic acids is 2. The molecule has 0 atom stereocenters. The molecule has 0 heterocycles. The van der Waals surface area contributed by atoms with Crippen molar-refractivity contribution in [2.24, 2.45) is 0 Å². The first kappa shape index (κ1) is 26.8. The molecule has 0 aliphatic heterocycles. The van der Waals surface area contributed by atoms with Crippen LogP contribution in [0.3, 0.4) is 0 Å². The second-order valence-electron chi connectivity index (χ2n) is 6.76. The third-order valence-corrected chi connectivity index (χ3v) is 3.94. The van der Waals surface area contributed by atoms with Crippen molar-refractivity contribution < 1.29 is 28.7 Å². The Hall–Kier alpha value is -4.20. The third kappa shape index (κ3) is 9.22. The monoisotopic (exact) mass is 453 g/mol. The van der Waals surface area contributed by atoms with E-state index in [9.17, 15) is 19.7 Å². The van der Waals surface area contributed by atoms with Gasteiger partial charge in [-0.25, -0.2) is 9.59 Å². The minimum absolute atomic E-state index is 0.0424. The molecule has 0 aromatic heterocycles. The lowest BCUT2D eigenvalue weighted by Crippen LogP contribution is -2.08. The van der Waals surface area contributed by atoms with Crippen LogP contribution in [0.1, 0.15) is 31.9 Å². The van der Waals surface area contributed by atoms with Crippen LogP contribution in [-0.4, -0.2) is 30.6 Å². The lowest BCUT2D eigenvalue weighted by Gasteiger charge is -2.10. The van der Waals surface area contributed by atoms with Gasteiger partial charge < -0.3 is 14.2 Å². The summed E-state index contributed by atoms with van der Waals surface area (Å²) in [6.45, 7) is 12.4. The zero-order valence-corrected chi connectivity index (χ0v) is 19.1. The molecule has 8 heteroatoms. The maximum absolute atomic E-state index is 11.6. The molecule has 0 bridgehead atoms. The first-order chi connectivity index (χ1) is 15.6. The van der Waals surface area contributed by atoms with Crippen LogP contribution in [0.25, 0.3) is 12.2 Å². The fraction of sp³-hybridized carbons (Fsp3) is 0.200. The van der Waals surface area contributed by atoms with Gasteiger partial charge in [-0.2, -0.15) is 0 Å². The molecule has 0 aliphatic carbocycles. The van der Waals surface area contributed by atoms with Gasteiger partial charge in [0, 0.05) is 34.9 Å². The molecule has 174 valence electrons. The quantitative estimate of drug-likeness (QED) is 0.132. The lowest BCUT2D eigenvalue weighted by atomic mass is 10.1. The molecule has 0 spiro atoms. The number of benzene rings is 2. The molecule has 8 nitrogen and oxygen atoms in total. The van der Waals surface area contributed by atoms with Crippen molar-refractivity contribution in [3.8, 4) is 11.5 Å². The fourth-order valence-corrected chi connectivity index (χ4v) is 2.26. The van der Waals surface area contributed by atoms with E-state index >= 15 is 0 Å². The van der Waals surface area contributed by atoms with Gasteiger partial charge in [0.25, 0.3) is 5.69 Å². The van der Waals surface area contributed by atoms with E-state index < -0.39 is 10.9 Å². The zero-order chi connectivity index (χ0) is 25.0. The van der Waals surface area contributed by atoms with Crippen molar-refractivity contribution in [2.45, 2.75) is 20.8 Å². The highest BCUT2D eigenvalue weighted by Crippen LogP contribution is 2.27. The zero-order valence-electron chi connectivity index (χ0n) is 19.1. The van der Waals surface area contributed by atoms with E-state index in [-0.39, 0.29) is 11.7 Å². The van der Waals surface area contributed by atoms with E-state index in [0.29, 0.717) is 29.3 Å². The summed E-state index contributed by atoms with van der Waals surface area (Å²) in [7, 11) is 1.33. The van der Waals surface area contributed by atoms with Crippen molar-refractivity contribution in [1.82, 2.24) is 0 Å². The second kappa shape index (κ2) is 13.3. The molecule has 0 saturated heterocycles. The Kier molecular flexibility index (Phi) is 10.8. The summed E-state index contributed by atoms with van der Waals surface area (Å²) in [6.07, 6.45) is 3.65.